The van der Waals surface area contributed by atoms with Crippen LogP contribution in [0.4, 0.5) is 5.69 Å². The Morgan fingerprint density at radius 1 is 1.50 bits per heavy atom. The number of amides is 1. The van der Waals surface area contributed by atoms with Crippen LogP contribution in [0.15, 0.2) is 22.7 Å². The highest BCUT2D eigenvalue weighted by molar-refractivity contribution is 9.10. The van der Waals surface area contributed by atoms with E-state index in [-0.39, 0.29) is 17.2 Å². The Morgan fingerprint density at radius 3 is 2.62 bits per heavy atom. The summed E-state index contributed by atoms with van der Waals surface area (Å²) in [6.45, 7) is 6.28. The molecule has 3 heteroatoms. The first-order valence-electron chi connectivity index (χ1n) is 5.47. The van der Waals surface area contributed by atoms with Crippen LogP contribution in [0.25, 0.3) is 0 Å². The fourth-order valence-electron chi connectivity index (χ4n) is 1.81. The lowest BCUT2D eigenvalue weighted by molar-refractivity contribution is -0.117. The zero-order valence-corrected chi connectivity index (χ0v) is 11.4. The fourth-order valence-corrected chi connectivity index (χ4v) is 2.19. The zero-order chi connectivity index (χ0) is 11.9. The van der Waals surface area contributed by atoms with Crippen molar-refractivity contribution in [3.8, 4) is 0 Å². The predicted molar refractivity (Wildman–Crippen MR) is 69.4 cm³/mol. The van der Waals surface area contributed by atoms with Crippen molar-refractivity contribution < 1.29 is 4.79 Å². The molecule has 1 amide bonds. The van der Waals surface area contributed by atoms with Crippen LogP contribution >= 0.6 is 15.9 Å². The van der Waals surface area contributed by atoms with E-state index < -0.39 is 0 Å². The molecule has 16 heavy (non-hydrogen) atoms. The van der Waals surface area contributed by atoms with Crippen molar-refractivity contribution in [2.24, 2.45) is 11.3 Å². The number of carbonyl (C=O) groups is 1. The highest BCUT2D eigenvalue weighted by Gasteiger charge is 2.50. The average molecular weight is 282 g/mol. The number of nitrogens with one attached hydrogen (secondary N) is 1. The van der Waals surface area contributed by atoms with Gasteiger partial charge in [0.1, 0.15) is 0 Å². The molecule has 1 atom stereocenters. The summed E-state index contributed by atoms with van der Waals surface area (Å²) in [6.07, 6.45) is 0.992. The first kappa shape index (κ1) is 11.6. The highest BCUT2D eigenvalue weighted by Crippen LogP contribution is 2.52. The molecule has 1 N–H and O–H groups in total. The van der Waals surface area contributed by atoms with Crippen LogP contribution in [0.5, 0.6) is 0 Å². The summed E-state index contributed by atoms with van der Waals surface area (Å²) in [7, 11) is 0. The number of hydrogen-bond donors (Lipinski definition) is 1. The third-order valence-corrected chi connectivity index (χ3v) is 4.12. The molecule has 0 aliphatic heterocycles. The van der Waals surface area contributed by atoms with Crippen LogP contribution in [0.3, 0.4) is 0 Å². The molecule has 1 aliphatic rings. The highest BCUT2D eigenvalue weighted by atomic mass is 79.9. The number of carbonyl (C=O) groups excluding carboxylic acids is 1. The number of aryl methyl sites for hydroxylation is 1. The summed E-state index contributed by atoms with van der Waals surface area (Å²) in [6, 6.07) is 5.88. The Hall–Kier alpha value is -0.830. The first-order valence-corrected chi connectivity index (χ1v) is 6.26. The van der Waals surface area contributed by atoms with Gasteiger partial charge in [-0.3, -0.25) is 4.79 Å². The summed E-state index contributed by atoms with van der Waals surface area (Å²) in [4.78, 5) is 11.9. The Kier molecular flexibility index (Phi) is 2.82. The maximum atomic E-state index is 11.9. The average Bonchev–Trinajstić information content (AvgIpc) is 2.82. The molecule has 0 heterocycles. The minimum absolute atomic E-state index is 0.140. The van der Waals surface area contributed by atoms with Crippen molar-refractivity contribution in [3.05, 3.63) is 28.2 Å². The molecule has 1 unspecified atom stereocenters. The fraction of sp³-hybridized carbons (Fsp3) is 0.462. The quantitative estimate of drug-likeness (QED) is 0.879. The van der Waals surface area contributed by atoms with Crippen LogP contribution in [0.1, 0.15) is 25.8 Å². The minimum Gasteiger partial charge on any atom is -0.326 e. The SMILES string of the molecule is Cc1ccc(NC(=O)C2CC2(C)C)cc1Br. The van der Waals surface area contributed by atoms with E-state index in [0.717, 1.165) is 16.6 Å². The van der Waals surface area contributed by atoms with Gasteiger partial charge < -0.3 is 5.32 Å². The van der Waals surface area contributed by atoms with E-state index in [0.29, 0.717) is 0 Å². The topological polar surface area (TPSA) is 29.1 Å². The van der Waals surface area contributed by atoms with E-state index in [1.807, 2.05) is 25.1 Å². The predicted octanol–water partition coefficient (Wildman–Crippen LogP) is 3.74. The molecular weight excluding hydrogens is 266 g/mol. The molecule has 0 aromatic heterocycles. The molecule has 1 aliphatic carbocycles. The van der Waals surface area contributed by atoms with Crippen molar-refractivity contribution >= 4 is 27.5 Å². The van der Waals surface area contributed by atoms with E-state index in [1.54, 1.807) is 0 Å². The van der Waals surface area contributed by atoms with E-state index in [4.69, 9.17) is 0 Å². The number of rotatable bonds is 2. The molecule has 1 aromatic carbocycles. The minimum atomic E-state index is 0.140. The molecule has 0 spiro atoms. The number of benzene rings is 1. The van der Waals surface area contributed by atoms with Gasteiger partial charge in [-0.25, -0.2) is 0 Å². The normalized spacial score (nSPS) is 21.6. The van der Waals surface area contributed by atoms with Crippen LogP contribution < -0.4 is 5.32 Å². The molecule has 2 rings (SSSR count). The number of anilines is 1. The third-order valence-electron chi connectivity index (χ3n) is 3.27. The van der Waals surface area contributed by atoms with Gasteiger partial charge in [0.25, 0.3) is 0 Å². The monoisotopic (exact) mass is 281 g/mol. The van der Waals surface area contributed by atoms with Gasteiger partial charge in [0.15, 0.2) is 0 Å². The van der Waals surface area contributed by atoms with Crippen LogP contribution in [0, 0.1) is 18.3 Å². The van der Waals surface area contributed by atoms with Crippen molar-refractivity contribution in [2.45, 2.75) is 27.2 Å². The van der Waals surface area contributed by atoms with Crippen molar-refractivity contribution in [2.75, 3.05) is 5.32 Å². The van der Waals surface area contributed by atoms with Crippen LogP contribution in [-0.4, -0.2) is 5.91 Å². The van der Waals surface area contributed by atoms with Gasteiger partial charge in [-0.05, 0) is 36.5 Å². The van der Waals surface area contributed by atoms with Gasteiger partial charge in [-0.1, -0.05) is 35.8 Å². The first-order chi connectivity index (χ1) is 7.40. The molecule has 1 fully saturated rings. The molecule has 86 valence electrons. The maximum absolute atomic E-state index is 11.9. The van der Waals surface area contributed by atoms with E-state index >= 15 is 0 Å². The molecular formula is C13H16BrNO. The Balaban J connectivity index is 2.05. The van der Waals surface area contributed by atoms with Gasteiger partial charge in [0, 0.05) is 16.1 Å². The Labute approximate surface area is 105 Å². The van der Waals surface area contributed by atoms with Gasteiger partial charge in [-0.2, -0.15) is 0 Å². The summed E-state index contributed by atoms with van der Waals surface area (Å²) >= 11 is 3.46. The van der Waals surface area contributed by atoms with E-state index in [9.17, 15) is 4.79 Å². The summed E-state index contributed by atoms with van der Waals surface area (Å²) in [5, 5.41) is 2.96. The second kappa shape index (κ2) is 3.88. The molecule has 1 saturated carbocycles. The number of halogens is 1. The van der Waals surface area contributed by atoms with Crippen molar-refractivity contribution in [1.29, 1.82) is 0 Å². The lowest BCUT2D eigenvalue weighted by atomic mass is 10.1. The number of hydrogen-bond acceptors (Lipinski definition) is 1. The molecule has 0 bridgehead atoms. The largest absolute Gasteiger partial charge is 0.326 e. The Bertz CT molecular complexity index is 440. The van der Waals surface area contributed by atoms with Gasteiger partial charge in [-0.15, -0.1) is 0 Å². The van der Waals surface area contributed by atoms with Crippen LogP contribution in [-0.2, 0) is 4.79 Å². The van der Waals surface area contributed by atoms with Crippen LogP contribution in [0.2, 0.25) is 0 Å². The molecule has 2 nitrogen and oxygen atoms in total. The summed E-state index contributed by atoms with van der Waals surface area (Å²) < 4.78 is 1.03. The maximum Gasteiger partial charge on any atom is 0.228 e. The van der Waals surface area contributed by atoms with Gasteiger partial charge in [0.05, 0.1) is 0 Å². The smallest absolute Gasteiger partial charge is 0.228 e. The molecule has 1 aromatic rings. The molecule has 0 saturated heterocycles. The lowest BCUT2D eigenvalue weighted by Crippen LogP contribution is -2.16. The zero-order valence-electron chi connectivity index (χ0n) is 9.80. The van der Waals surface area contributed by atoms with Crippen molar-refractivity contribution in [1.82, 2.24) is 0 Å². The third kappa shape index (κ3) is 2.29. The summed E-state index contributed by atoms with van der Waals surface area (Å²) in [5.41, 5.74) is 2.22. The lowest BCUT2D eigenvalue weighted by Gasteiger charge is -2.08. The molecule has 0 radical (unpaired) electrons. The van der Waals surface area contributed by atoms with E-state index in [1.165, 1.54) is 5.56 Å². The van der Waals surface area contributed by atoms with Crippen molar-refractivity contribution in [3.63, 3.8) is 0 Å². The summed E-state index contributed by atoms with van der Waals surface area (Å²) in [5.74, 6) is 0.313. The Morgan fingerprint density at radius 2 is 2.12 bits per heavy atom. The second-order valence-corrected chi connectivity index (χ2v) is 6.05. The van der Waals surface area contributed by atoms with E-state index in [2.05, 4.69) is 35.1 Å². The van der Waals surface area contributed by atoms with Gasteiger partial charge in [0.2, 0.25) is 5.91 Å². The second-order valence-electron chi connectivity index (χ2n) is 5.20. The van der Waals surface area contributed by atoms with Gasteiger partial charge >= 0.3 is 0 Å². The standard InChI is InChI=1S/C13H16BrNO/c1-8-4-5-9(6-11(8)14)15-12(16)10-7-13(10,2)3/h4-6,10H,7H2,1-3H3,(H,15,16).